The van der Waals surface area contributed by atoms with E-state index in [2.05, 4.69) is 30.8 Å². The van der Waals surface area contributed by atoms with Gasteiger partial charge in [0.15, 0.2) is 11.5 Å². The van der Waals surface area contributed by atoms with Crippen LogP contribution in [0.3, 0.4) is 0 Å². The highest BCUT2D eigenvalue weighted by Crippen LogP contribution is 2.35. The lowest BCUT2D eigenvalue weighted by molar-refractivity contribution is -0.120. The molecule has 9 nitrogen and oxygen atoms in total. The number of alkyl halides is 3. The van der Waals surface area contributed by atoms with Crippen molar-refractivity contribution in [3.63, 3.8) is 0 Å². The predicted octanol–water partition coefficient (Wildman–Crippen LogP) is 4.26. The molecule has 2 fully saturated rings. The van der Waals surface area contributed by atoms with Crippen molar-refractivity contribution in [1.29, 1.82) is 0 Å². The highest BCUT2D eigenvalue weighted by molar-refractivity contribution is 6.27. The summed E-state index contributed by atoms with van der Waals surface area (Å²) in [7, 11) is 3.08. The monoisotopic (exact) mass is 554 g/mol. The van der Waals surface area contributed by atoms with Gasteiger partial charge in [-0.25, -0.2) is 13.8 Å². The molecule has 210 valence electrons. The molecule has 2 aliphatic rings. The Bertz CT molecular complexity index is 1090. The topological polar surface area (TPSA) is 101 Å². The van der Waals surface area contributed by atoms with Crippen LogP contribution in [0, 0.1) is 0 Å². The van der Waals surface area contributed by atoms with E-state index in [0.717, 1.165) is 25.9 Å². The average Bonchev–Trinajstić information content (AvgIpc) is 2.95. The van der Waals surface area contributed by atoms with Crippen LogP contribution in [0.25, 0.3) is 10.9 Å². The van der Waals surface area contributed by atoms with Gasteiger partial charge in [0, 0.05) is 36.6 Å². The van der Waals surface area contributed by atoms with E-state index in [1.165, 1.54) is 39.2 Å². The molecule has 1 aromatic heterocycles. The molecule has 0 bridgehead atoms. The number of methoxy groups -OCH3 is 2. The highest BCUT2D eigenvalue weighted by Gasteiger charge is 2.30. The molecule has 12 heteroatoms. The average molecular weight is 555 g/mol. The molecule has 2 heterocycles. The van der Waals surface area contributed by atoms with Crippen LogP contribution >= 0.6 is 11.6 Å². The second-order valence-electron chi connectivity index (χ2n) is 9.99. The fourth-order valence-corrected chi connectivity index (χ4v) is 5.33. The molecular formula is C26H37ClF2N6O3. The summed E-state index contributed by atoms with van der Waals surface area (Å²) in [5.74, 6) is -2.65. The van der Waals surface area contributed by atoms with Gasteiger partial charge in [0.1, 0.15) is 11.7 Å². The first-order valence-electron chi connectivity index (χ1n) is 13.2. The van der Waals surface area contributed by atoms with Gasteiger partial charge in [-0.1, -0.05) is 19.3 Å². The number of anilines is 2. The van der Waals surface area contributed by atoms with E-state index in [4.69, 9.17) is 21.1 Å². The van der Waals surface area contributed by atoms with Crippen LogP contribution in [0.4, 0.5) is 20.5 Å². The molecule has 1 aliphatic heterocycles. The van der Waals surface area contributed by atoms with Crippen LogP contribution in [0.15, 0.2) is 12.1 Å². The van der Waals surface area contributed by atoms with E-state index in [1.54, 1.807) is 19.2 Å². The minimum Gasteiger partial charge on any atom is -0.493 e. The van der Waals surface area contributed by atoms with E-state index >= 15 is 0 Å². The van der Waals surface area contributed by atoms with Gasteiger partial charge in [0.05, 0.1) is 32.8 Å². The van der Waals surface area contributed by atoms with E-state index in [0.29, 0.717) is 34.3 Å². The number of amides is 1. The molecule has 4 rings (SSSR count). The zero-order chi connectivity index (χ0) is 27.1. The number of nitrogens with one attached hydrogen (secondary N) is 3. The maximum atomic E-state index is 14.4. The number of likely N-dealkylation sites (tertiary alicyclic amines) is 1. The van der Waals surface area contributed by atoms with Crippen LogP contribution in [-0.2, 0) is 4.79 Å². The standard InChI is InChI=1S/C26H37ClF2N6O3/c1-37-21-12-19-20(13-22(21)38-2)33-25(31-16-26(28,29)15-30-23(36)14-27)34-24(19)32-17-8-10-35(11-9-17)18-6-4-3-5-7-18/h12-13,17-18H,3-11,14-16H2,1-2H3,(H,30,36)(H2,31,32,33,34). The molecule has 1 amide bonds. The van der Waals surface area contributed by atoms with Crippen molar-refractivity contribution in [2.24, 2.45) is 0 Å². The van der Waals surface area contributed by atoms with Crippen molar-refractivity contribution >= 4 is 40.2 Å². The first-order chi connectivity index (χ1) is 18.3. The number of rotatable bonds is 11. The van der Waals surface area contributed by atoms with Crippen molar-refractivity contribution in [2.45, 2.75) is 63.0 Å². The summed E-state index contributed by atoms with van der Waals surface area (Å²) < 4.78 is 39.6. The molecule has 1 aromatic carbocycles. The van der Waals surface area contributed by atoms with Gasteiger partial charge < -0.3 is 30.3 Å². The van der Waals surface area contributed by atoms with Gasteiger partial charge in [0.25, 0.3) is 5.92 Å². The number of nitrogens with zero attached hydrogens (tertiary/aromatic N) is 3. The molecule has 2 aromatic rings. The number of hydrogen-bond donors (Lipinski definition) is 3. The van der Waals surface area contributed by atoms with Crippen molar-refractivity contribution in [3.8, 4) is 11.5 Å². The second kappa shape index (κ2) is 12.9. The Labute approximate surface area is 227 Å². The van der Waals surface area contributed by atoms with Crippen molar-refractivity contribution in [3.05, 3.63) is 12.1 Å². The number of piperidine rings is 1. The quantitative estimate of drug-likeness (QED) is 0.354. The van der Waals surface area contributed by atoms with Crippen molar-refractivity contribution in [2.75, 3.05) is 56.9 Å². The molecule has 0 unspecified atom stereocenters. The van der Waals surface area contributed by atoms with Gasteiger partial charge in [-0.3, -0.25) is 4.79 Å². The molecular weight excluding hydrogens is 518 g/mol. The number of hydrogen-bond acceptors (Lipinski definition) is 8. The number of fused-ring (bicyclic) bond motifs is 1. The molecule has 1 saturated carbocycles. The normalized spacial score (nSPS) is 17.8. The summed E-state index contributed by atoms with van der Waals surface area (Å²) in [4.78, 5) is 22.9. The van der Waals surface area contributed by atoms with Crippen LogP contribution in [0.1, 0.15) is 44.9 Å². The molecule has 0 radical (unpaired) electrons. The Morgan fingerprint density at radius 3 is 2.39 bits per heavy atom. The smallest absolute Gasteiger partial charge is 0.281 e. The number of aromatic nitrogens is 2. The van der Waals surface area contributed by atoms with Gasteiger partial charge >= 0.3 is 0 Å². The minimum atomic E-state index is -3.23. The van der Waals surface area contributed by atoms with E-state index in [9.17, 15) is 13.6 Å². The first kappa shape index (κ1) is 28.4. The Morgan fingerprint density at radius 2 is 1.74 bits per heavy atom. The van der Waals surface area contributed by atoms with Crippen molar-refractivity contribution < 1.29 is 23.0 Å². The molecule has 0 spiro atoms. The van der Waals surface area contributed by atoms with Gasteiger partial charge in [-0.15, -0.1) is 11.6 Å². The van der Waals surface area contributed by atoms with Crippen LogP contribution < -0.4 is 25.4 Å². The zero-order valence-electron chi connectivity index (χ0n) is 22.0. The third kappa shape index (κ3) is 7.25. The Morgan fingerprint density at radius 1 is 1.05 bits per heavy atom. The molecule has 38 heavy (non-hydrogen) atoms. The molecule has 1 aliphatic carbocycles. The molecule has 3 N–H and O–H groups in total. The van der Waals surface area contributed by atoms with Crippen molar-refractivity contribution in [1.82, 2.24) is 20.2 Å². The lowest BCUT2D eigenvalue weighted by atomic mass is 9.92. The first-order valence-corrected chi connectivity index (χ1v) is 13.7. The Balaban J connectivity index is 1.51. The van der Waals surface area contributed by atoms with Crippen LogP contribution in [0.2, 0.25) is 0 Å². The largest absolute Gasteiger partial charge is 0.493 e. The summed E-state index contributed by atoms with van der Waals surface area (Å²) >= 11 is 5.38. The SMILES string of the molecule is COc1cc2nc(NCC(F)(F)CNC(=O)CCl)nc(NC3CCN(C4CCCCC4)CC3)c2cc1OC. The fourth-order valence-electron chi connectivity index (χ4n) is 5.24. The van der Waals surface area contributed by atoms with E-state index in [1.807, 2.05) is 0 Å². The Kier molecular flexibility index (Phi) is 9.64. The van der Waals surface area contributed by atoms with Crippen LogP contribution in [0.5, 0.6) is 11.5 Å². The summed E-state index contributed by atoms with van der Waals surface area (Å²) in [6.45, 7) is 0.449. The minimum absolute atomic E-state index is 0.0511. The molecule has 0 atom stereocenters. The number of ether oxygens (including phenoxy) is 2. The fraction of sp³-hybridized carbons (Fsp3) is 0.654. The zero-order valence-corrected chi connectivity index (χ0v) is 22.8. The third-order valence-electron chi connectivity index (χ3n) is 7.33. The van der Waals surface area contributed by atoms with Gasteiger partial charge in [0.2, 0.25) is 11.9 Å². The maximum Gasteiger partial charge on any atom is 0.281 e. The van der Waals surface area contributed by atoms with E-state index < -0.39 is 24.9 Å². The maximum absolute atomic E-state index is 14.4. The Hall–Kier alpha value is -2.66. The number of carbonyl (C=O) groups is 1. The van der Waals surface area contributed by atoms with E-state index in [-0.39, 0.29) is 17.9 Å². The highest BCUT2D eigenvalue weighted by atomic mass is 35.5. The lowest BCUT2D eigenvalue weighted by Crippen LogP contribution is -2.45. The number of carbonyl (C=O) groups excluding carboxylic acids is 1. The van der Waals surface area contributed by atoms with Crippen LogP contribution in [-0.4, -0.2) is 85.1 Å². The third-order valence-corrected chi connectivity index (χ3v) is 7.58. The summed E-state index contributed by atoms with van der Waals surface area (Å²) in [6.07, 6.45) is 8.47. The van der Waals surface area contributed by atoms with Gasteiger partial charge in [-0.2, -0.15) is 4.98 Å². The summed E-state index contributed by atoms with van der Waals surface area (Å²) in [5, 5.41) is 9.01. The number of benzene rings is 1. The number of halogens is 3. The van der Waals surface area contributed by atoms with Gasteiger partial charge in [-0.05, 0) is 31.7 Å². The lowest BCUT2D eigenvalue weighted by Gasteiger charge is -2.39. The summed E-state index contributed by atoms with van der Waals surface area (Å²) in [5.41, 5.74) is 0.529. The predicted molar refractivity (Wildman–Crippen MR) is 145 cm³/mol. The molecule has 1 saturated heterocycles. The second-order valence-corrected chi connectivity index (χ2v) is 10.3. The summed E-state index contributed by atoms with van der Waals surface area (Å²) in [6, 6.07) is 4.39.